The number of benzene rings is 3. The molecular formula is C24H16N2O2. The van der Waals surface area contributed by atoms with Crippen molar-refractivity contribution in [3.63, 3.8) is 0 Å². The fourth-order valence-electron chi connectivity index (χ4n) is 3.44. The van der Waals surface area contributed by atoms with Crippen LogP contribution in [0, 0.1) is 0 Å². The van der Waals surface area contributed by atoms with Crippen molar-refractivity contribution in [2.24, 2.45) is 0 Å². The maximum Gasteiger partial charge on any atom is 0.338 e. The van der Waals surface area contributed by atoms with E-state index in [1.807, 2.05) is 91.0 Å². The predicted molar refractivity (Wildman–Crippen MR) is 110 cm³/mol. The molecule has 0 saturated heterocycles. The summed E-state index contributed by atoms with van der Waals surface area (Å²) in [5.74, 6) is 0. The van der Waals surface area contributed by atoms with E-state index >= 15 is 0 Å². The summed E-state index contributed by atoms with van der Waals surface area (Å²) < 4.78 is 7.36. The van der Waals surface area contributed by atoms with Crippen LogP contribution < -0.4 is 5.63 Å². The summed E-state index contributed by atoms with van der Waals surface area (Å²) in [6.07, 6.45) is 0. The summed E-state index contributed by atoms with van der Waals surface area (Å²) in [6, 6.07) is 31.0. The largest absolute Gasteiger partial charge is 0.403 e. The normalized spacial score (nSPS) is 11.0. The Kier molecular flexibility index (Phi) is 3.87. The zero-order valence-corrected chi connectivity index (χ0v) is 14.9. The number of fused-ring (bicyclic) bond motifs is 1. The van der Waals surface area contributed by atoms with E-state index in [9.17, 15) is 4.79 Å². The second-order valence-corrected chi connectivity index (χ2v) is 6.49. The molecule has 0 N–H and O–H groups in total. The van der Waals surface area contributed by atoms with Gasteiger partial charge in [0, 0.05) is 17.2 Å². The summed E-state index contributed by atoms with van der Waals surface area (Å²) in [6.45, 7) is 0. The Balaban J connectivity index is 1.92. The van der Waals surface area contributed by atoms with Gasteiger partial charge in [0.25, 0.3) is 0 Å². The zero-order valence-electron chi connectivity index (χ0n) is 14.9. The number of hydrogen-bond donors (Lipinski definition) is 0. The van der Waals surface area contributed by atoms with Crippen LogP contribution in [0.3, 0.4) is 0 Å². The van der Waals surface area contributed by atoms with E-state index in [0.29, 0.717) is 5.71 Å². The maximum absolute atomic E-state index is 12.4. The summed E-state index contributed by atoms with van der Waals surface area (Å²) in [5, 5.41) is 5.66. The molecule has 0 aliphatic rings. The molecule has 0 aliphatic carbocycles. The molecule has 4 heteroatoms. The third-order valence-electron chi connectivity index (χ3n) is 4.70. The lowest BCUT2D eigenvalue weighted by Crippen LogP contribution is -2.01. The molecule has 0 bridgehead atoms. The molecule has 5 aromatic rings. The summed E-state index contributed by atoms with van der Waals surface area (Å²) in [7, 11) is 0. The molecule has 2 aromatic heterocycles. The minimum atomic E-state index is -0.400. The first kappa shape index (κ1) is 16.3. The Labute approximate surface area is 161 Å². The molecule has 2 heterocycles. The first-order valence-electron chi connectivity index (χ1n) is 9.04. The summed E-state index contributed by atoms with van der Waals surface area (Å²) in [4.78, 5) is 12.4. The quantitative estimate of drug-likeness (QED) is 0.436. The molecule has 3 aromatic carbocycles. The highest BCUT2D eigenvalue weighted by atomic mass is 16.4. The molecule has 0 spiro atoms. The topological polar surface area (TPSA) is 48.0 Å². The SMILES string of the molecule is O=c1cc(-c2ccccc2)c2c(-c3ccccc3)nn(-c3ccccc3)c2o1. The van der Waals surface area contributed by atoms with Gasteiger partial charge in [0.2, 0.25) is 5.71 Å². The lowest BCUT2D eigenvalue weighted by Gasteiger charge is -2.05. The van der Waals surface area contributed by atoms with Gasteiger partial charge < -0.3 is 4.42 Å². The van der Waals surface area contributed by atoms with E-state index < -0.39 is 5.63 Å². The number of hydrogen-bond acceptors (Lipinski definition) is 3. The Morgan fingerprint density at radius 3 is 1.93 bits per heavy atom. The van der Waals surface area contributed by atoms with Gasteiger partial charge in [-0.3, -0.25) is 0 Å². The van der Waals surface area contributed by atoms with Crippen molar-refractivity contribution in [3.8, 4) is 28.1 Å². The van der Waals surface area contributed by atoms with Crippen molar-refractivity contribution < 1.29 is 4.42 Å². The van der Waals surface area contributed by atoms with Crippen LogP contribution in [0.4, 0.5) is 0 Å². The smallest absolute Gasteiger partial charge is 0.338 e. The molecule has 5 rings (SSSR count). The molecule has 0 aliphatic heterocycles. The van der Waals surface area contributed by atoms with Gasteiger partial charge in [-0.25, -0.2) is 4.79 Å². The Hall–Kier alpha value is -3.92. The summed E-state index contributed by atoms with van der Waals surface area (Å²) >= 11 is 0. The fraction of sp³-hybridized carbons (Fsp3) is 0. The molecule has 134 valence electrons. The van der Waals surface area contributed by atoms with E-state index in [4.69, 9.17) is 9.52 Å². The van der Waals surface area contributed by atoms with E-state index in [2.05, 4.69) is 0 Å². The molecule has 4 nitrogen and oxygen atoms in total. The lowest BCUT2D eigenvalue weighted by molar-refractivity contribution is 0.536. The third kappa shape index (κ3) is 2.72. The second-order valence-electron chi connectivity index (χ2n) is 6.49. The van der Waals surface area contributed by atoms with Crippen LogP contribution in [0.15, 0.2) is 106 Å². The number of nitrogens with zero attached hydrogens (tertiary/aromatic N) is 2. The highest BCUT2D eigenvalue weighted by Gasteiger charge is 2.20. The van der Waals surface area contributed by atoms with Crippen LogP contribution in [0.1, 0.15) is 0 Å². The molecule has 0 saturated carbocycles. The third-order valence-corrected chi connectivity index (χ3v) is 4.70. The molecule has 0 fully saturated rings. The minimum absolute atomic E-state index is 0.400. The Bertz CT molecular complexity index is 1310. The van der Waals surface area contributed by atoms with Crippen molar-refractivity contribution in [2.45, 2.75) is 0 Å². The maximum atomic E-state index is 12.4. The van der Waals surface area contributed by atoms with Crippen LogP contribution in [-0.2, 0) is 0 Å². The highest BCUT2D eigenvalue weighted by molar-refractivity contribution is 6.02. The molecule has 0 radical (unpaired) electrons. The van der Waals surface area contributed by atoms with E-state index in [0.717, 1.165) is 33.5 Å². The van der Waals surface area contributed by atoms with Crippen LogP contribution in [0.2, 0.25) is 0 Å². The molecule has 0 amide bonds. The average molecular weight is 364 g/mol. The Morgan fingerprint density at radius 2 is 1.29 bits per heavy atom. The molecule has 0 unspecified atom stereocenters. The minimum Gasteiger partial charge on any atom is -0.403 e. The monoisotopic (exact) mass is 364 g/mol. The van der Waals surface area contributed by atoms with Gasteiger partial charge >= 0.3 is 5.63 Å². The van der Waals surface area contributed by atoms with E-state index in [-0.39, 0.29) is 0 Å². The van der Waals surface area contributed by atoms with Crippen molar-refractivity contribution in [2.75, 3.05) is 0 Å². The van der Waals surface area contributed by atoms with E-state index in [1.165, 1.54) is 0 Å². The highest BCUT2D eigenvalue weighted by Crippen LogP contribution is 2.36. The van der Waals surface area contributed by atoms with E-state index in [1.54, 1.807) is 10.7 Å². The summed E-state index contributed by atoms with van der Waals surface area (Å²) in [5.41, 5.74) is 4.39. The first-order valence-corrected chi connectivity index (χ1v) is 9.04. The zero-order chi connectivity index (χ0) is 18.9. The van der Waals surface area contributed by atoms with Gasteiger partial charge in [-0.1, -0.05) is 78.9 Å². The van der Waals surface area contributed by atoms with Gasteiger partial charge in [-0.2, -0.15) is 9.78 Å². The van der Waals surface area contributed by atoms with Crippen LogP contribution in [-0.4, -0.2) is 9.78 Å². The molecule has 28 heavy (non-hydrogen) atoms. The van der Waals surface area contributed by atoms with Crippen LogP contribution in [0.25, 0.3) is 39.2 Å². The van der Waals surface area contributed by atoms with Gasteiger partial charge in [0.1, 0.15) is 5.69 Å². The first-order chi connectivity index (χ1) is 13.8. The van der Waals surface area contributed by atoms with Crippen LogP contribution >= 0.6 is 0 Å². The number of para-hydroxylation sites is 1. The average Bonchev–Trinajstić information content (AvgIpc) is 3.14. The molecular weight excluding hydrogens is 348 g/mol. The van der Waals surface area contributed by atoms with Gasteiger partial charge in [-0.15, -0.1) is 0 Å². The van der Waals surface area contributed by atoms with Crippen molar-refractivity contribution in [1.29, 1.82) is 0 Å². The van der Waals surface area contributed by atoms with Gasteiger partial charge in [0.15, 0.2) is 0 Å². The number of rotatable bonds is 3. The van der Waals surface area contributed by atoms with Crippen molar-refractivity contribution in [3.05, 3.63) is 107 Å². The lowest BCUT2D eigenvalue weighted by atomic mass is 10.0. The van der Waals surface area contributed by atoms with Crippen molar-refractivity contribution in [1.82, 2.24) is 9.78 Å². The standard InChI is InChI=1S/C24H16N2O2/c27-21-16-20(17-10-4-1-5-11-17)22-23(18-12-6-2-7-13-18)25-26(24(22)28-21)19-14-8-3-9-15-19/h1-16H. The molecule has 0 atom stereocenters. The Morgan fingerprint density at radius 1 is 0.714 bits per heavy atom. The van der Waals surface area contributed by atoms with Crippen molar-refractivity contribution >= 4 is 11.1 Å². The second kappa shape index (κ2) is 6.67. The predicted octanol–water partition coefficient (Wildman–Crippen LogP) is 5.31. The fourth-order valence-corrected chi connectivity index (χ4v) is 3.44. The van der Waals surface area contributed by atoms with Crippen LogP contribution in [0.5, 0.6) is 0 Å². The number of aromatic nitrogens is 2. The van der Waals surface area contributed by atoms with Gasteiger partial charge in [-0.05, 0) is 17.7 Å². The van der Waals surface area contributed by atoms with Gasteiger partial charge in [0.05, 0.1) is 11.1 Å².